The summed E-state index contributed by atoms with van der Waals surface area (Å²) in [5.41, 5.74) is 7.95. The predicted octanol–water partition coefficient (Wildman–Crippen LogP) is 1.42. The number of hydrogen-bond acceptors (Lipinski definition) is 4. The minimum atomic E-state index is -3.62. The van der Waals surface area contributed by atoms with Crippen LogP contribution < -0.4 is 10.5 Å². The first kappa shape index (κ1) is 15.2. The normalized spacial score (nSPS) is 11.8. The predicted molar refractivity (Wildman–Crippen MR) is 79.4 cm³/mol. The summed E-state index contributed by atoms with van der Waals surface area (Å²) in [5, 5.41) is 6.40. The maximum Gasteiger partial charge on any atom is 0.242 e. The molecule has 1 heterocycles. The molecule has 0 aliphatic heterocycles. The van der Waals surface area contributed by atoms with E-state index in [4.69, 9.17) is 5.73 Å². The number of nitrogens with zero attached hydrogens (tertiary/aromatic N) is 1. The fraction of sp³-hybridized carbons (Fsp3) is 0.250. The van der Waals surface area contributed by atoms with E-state index in [2.05, 4.69) is 30.8 Å². The lowest BCUT2D eigenvalue weighted by Crippen LogP contribution is -2.24. The van der Waals surface area contributed by atoms with Gasteiger partial charge in [0.25, 0.3) is 0 Å². The maximum atomic E-state index is 12.4. The van der Waals surface area contributed by atoms with Gasteiger partial charge in [-0.15, -0.1) is 0 Å². The molecule has 108 valence electrons. The Kier molecular flexibility index (Phi) is 4.59. The standard InChI is InChI=1S/C12H15BrN4O2S/c1-8-2-9(4-14)3-11(12(8)13)20(18,19)17-7-10-5-15-16-6-10/h2-3,5-6,17H,4,7,14H2,1H3,(H,15,16). The molecule has 0 saturated carbocycles. The third-order valence-corrected chi connectivity index (χ3v) is 5.57. The molecule has 2 aromatic rings. The van der Waals surface area contributed by atoms with Crippen molar-refractivity contribution in [2.45, 2.75) is 24.9 Å². The van der Waals surface area contributed by atoms with Crippen molar-refractivity contribution < 1.29 is 8.42 Å². The Hall–Kier alpha value is -1.22. The lowest BCUT2D eigenvalue weighted by molar-refractivity contribution is 0.580. The van der Waals surface area contributed by atoms with Gasteiger partial charge in [-0.2, -0.15) is 5.10 Å². The van der Waals surface area contributed by atoms with Crippen LogP contribution in [-0.2, 0) is 23.1 Å². The number of aromatic amines is 1. The highest BCUT2D eigenvalue weighted by molar-refractivity contribution is 9.10. The monoisotopic (exact) mass is 358 g/mol. The van der Waals surface area contributed by atoms with Crippen LogP contribution in [0.25, 0.3) is 0 Å². The second-order valence-corrected chi connectivity index (χ2v) is 6.89. The fourth-order valence-electron chi connectivity index (χ4n) is 1.75. The van der Waals surface area contributed by atoms with Crippen molar-refractivity contribution >= 4 is 26.0 Å². The second kappa shape index (κ2) is 6.04. The van der Waals surface area contributed by atoms with Gasteiger partial charge in [-0.3, -0.25) is 5.10 Å². The molecule has 0 aliphatic carbocycles. The van der Waals surface area contributed by atoms with Gasteiger partial charge < -0.3 is 5.73 Å². The van der Waals surface area contributed by atoms with E-state index in [1.807, 2.05) is 13.0 Å². The molecular formula is C12H15BrN4O2S. The van der Waals surface area contributed by atoms with Gasteiger partial charge in [0.1, 0.15) is 0 Å². The molecule has 20 heavy (non-hydrogen) atoms. The van der Waals surface area contributed by atoms with Crippen molar-refractivity contribution in [1.82, 2.24) is 14.9 Å². The lowest BCUT2D eigenvalue weighted by Gasteiger charge is -2.11. The van der Waals surface area contributed by atoms with Crippen molar-refractivity contribution in [3.05, 3.63) is 45.7 Å². The van der Waals surface area contributed by atoms with E-state index in [0.717, 1.165) is 16.7 Å². The molecular weight excluding hydrogens is 344 g/mol. The summed E-state index contributed by atoms with van der Waals surface area (Å²) in [6, 6.07) is 3.44. The molecule has 0 atom stereocenters. The zero-order valence-corrected chi connectivity index (χ0v) is 13.3. The fourth-order valence-corrected chi connectivity index (χ4v) is 3.84. The molecule has 0 bridgehead atoms. The summed E-state index contributed by atoms with van der Waals surface area (Å²) in [6.07, 6.45) is 3.21. The molecule has 0 fully saturated rings. The number of nitrogens with one attached hydrogen (secondary N) is 2. The van der Waals surface area contributed by atoms with Crippen LogP contribution in [0, 0.1) is 6.92 Å². The Morgan fingerprint density at radius 1 is 1.40 bits per heavy atom. The van der Waals surface area contributed by atoms with Crippen LogP contribution in [0.4, 0.5) is 0 Å². The van der Waals surface area contributed by atoms with Crippen LogP contribution in [-0.4, -0.2) is 18.6 Å². The molecule has 0 aliphatic rings. The quantitative estimate of drug-likeness (QED) is 0.752. The zero-order chi connectivity index (χ0) is 14.8. The van der Waals surface area contributed by atoms with Crippen LogP contribution in [0.15, 0.2) is 33.9 Å². The van der Waals surface area contributed by atoms with Crippen LogP contribution in [0.5, 0.6) is 0 Å². The molecule has 4 N–H and O–H groups in total. The molecule has 8 heteroatoms. The van der Waals surface area contributed by atoms with E-state index in [9.17, 15) is 8.42 Å². The van der Waals surface area contributed by atoms with E-state index in [0.29, 0.717) is 11.0 Å². The first-order valence-corrected chi connectivity index (χ1v) is 8.18. The van der Waals surface area contributed by atoms with Gasteiger partial charge in [-0.1, -0.05) is 6.07 Å². The molecule has 0 radical (unpaired) electrons. The largest absolute Gasteiger partial charge is 0.326 e. The van der Waals surface area contributed by atoms with Gasteiger partial charge in [-0.25, -0.2) is 13.1 Å². The first-order valence-electron chi connectivity index (χ1n) is 5.90. The molecule has 6 nitrogen and oxygen atoms in total. The highest BCUT2D eigenvalue weighted by atomic mass is 79.9. The highest BCUT2D eigenvalue weighted by Crippen LogP contribution is 2.27. The van der Waals surface area contributed by atoms with Crippen LogP contribution in [0.1, 0.15) is 16.7 Å². The number of rotatable bonds is 5. The number of nitrogens with two attached hydrogens (primary N) is 1. The average Bonchev–Trinajstić information content (AvgIpc) is 2.92. The zero-order valence-electron chi connectivity index (χ0n) is 10.9. The smallest absolute Gasteiger partial charge is 0.242 e. The van der Waals surface area contributed by atoms with Gasteiger partial charge in [-0.05, 0) is 40.0 Å². The number of sulfonamides is 1. The van der Waals surface area contributed by atoms with Gasteiger partial charge in [0.2, 0.25) is 10.0 Å². The summed E-state index contributed by atoms with van der Waals surface area (Å²) in [6.45, 7) is 2.30. The Labute approximate surface area is 125 Å². The van der Waals surface area contributed by atoms with Crippen molar-refractivity contribution in [3.8, 4) is 0 Å². The van der Waals surface area contributed by atoms with Crippen molar-refractivity contribution in [2.75, 3.05) is 0 Å². The summed E-state index contributed by atoms with van der Waals surface area (Å²) in [4.78, 5) is 0.196. The summed E-state index contributed by atoms with van der Waals surface area (Å²) in [7, 11) is -3.62. The highest BCUT2D eigenvalue weighted by Gasteiger charge is 2.19. The molecule has 0 unspecified atom stereocenters. The van der Waals surface area contributed by atoms with E-state index in [-0.39, 0.29) is 11.4 Å². The Bertz CT molecular complexity index is 698. The van der Waals surface area contributed by atoms with Gasteiger partial charge in [0.15, 0.2) is 0 Å². The Balaban J connectivity index is 2.31. The van der Waals surface area contributed by atoms with Crippen LogP contribution in [0.3, 0.4) is 0 Å². The summed E-state index contributed by atoms with van der Waals surface area (Å²) in [5.74, 6) is 0. The number of aryl methyl sites for hydroxylation is 1. The molecule has 1 aromatic carbocycles. The van der Waals surface area contributed by atoms with Gasteiger partial charge in [0.05, 0.1) is 11.1 Å². The summed E-state index contributed by atoms with van der Waals surface area (Å²) >= 11 is 3.32. The number of halogens is 1. The van der Waals surface area contributed by atoms with Gasteiger partial charge >= 0.3 is 0 Å². The maximum absolute atomic E-state index is 12.4. The third kappa shape index (κ3) is 3.26. The van der Waals surface area contributed by atoms with Crippen molar-refractivity contribution in [3.63, 3.8) is 0 Å². The number of benzene rings is 1. The van der Waals surface area contributed by atoms with Crippen LogP contribution in [0.2, 0.25) is 0 Å². The van der Waals surface area contributed by atoms with E-state index >= 15 is 0 Å². The minimum Gasteiger partial charge on any atom is -0.326 e. The third-order valence-electron chi connectivity index (χ3n) is 2.83. The lowest BCUT2D eigenvalue weighted by atomic mass is 10.1. The number of aromatic nitrogens is 2. The molecule has 0 amide bonds. The van der Waals surface area contributed by atoms with E-state index in [1.165, 1.54) is 0 Å². The molecule has 1 aromatic heterocycles. The molecule has 0 saturated heterocycles. The van der Waals surface area contributed by atoms with Crippen LogP contribution >= 0.6 is 15.9 Å². The van der Waals surface area contributed by atoms with Crippen molar-refractivity contribution in [1.29, 1.82) is 0 Å². The Morgan fingerprint density at radius 2 is 2.15 bits per heavy atom. The number of hydrogen-bond donors (Lipinski definition) is 3. The Morgan fingerprint density at radius 3 is 2.75 bits per heavy atom. The average molecular weight is 359 g/mol. The number of H-pyrrole nitrogens is 1. The summed E-state index contributed by atoms with van der Waals surface area (Å²) < 4.78 is 27.8. The molecule has 0 spiro atoms. The SMILES string of the molecule is Cc1cc(CN)cc(S(=O)(=O)NCc2cn[nH]c2)c1Br. The second-order valence-electron chi connectivity index (χ2n) is 4.36. The van der Waals surface area contributed by atoms with Crippen molar-refractivity contribution in [2.24, 2.45) is 5.73 Å². The van der Waals surface area contributed by atoms with E-state index in [1.54, 1.807) is 18.5 Å². The minimum absolute atomic E-state index is 0.178. The van der Waals surface area contributed by atoms with E-state index < -0.39 is 10.0 Å². The topological polar surface area (TPSA) is 101 Å². The molecule has 2 rings (SSSR count). The van der Waals surface area contributed by atoms with Gasteiger partial charge in [0, 0.05) is 29.3 Å². The first-order chi connectivity index (χ1) is 9.44.